The van der Waals surface area contributed by atoms with E-state index in [0.717, 1.165) is 6.07 Å². The number of hydrogen-bond acceptors (Lipinski definition) is 2. The Labute approximate surface area is 161 Å². The number of fused-ring (bicyclic) bond motifs is 1. The van der Waals surface area contributed by atoms with Gasteiger partial charge in [0.25, 0.3) is 0 Å². The van der Waals surface area contributed by atoms with Crippen molar-refractivity contribution in [1.82, 2.24) is 4.57 Å². The zero-order chi connectivity index (χ0) is 19.9. The average molecular weight is 420 g/mol. The second-order valence-electron chi connectivity index (χ2n) is 5.72. The lowest BCUT2D eigenvalue weighted by Crippen LogP contribution is -2.08. The highest BCUT2D eigenvalue weighted by molar-refractivity contribution is 6.38. The van der Waals surface area contributed by atoms with E-state index in [1.54, 1.807) is 0 Å². The van der Waals surface area contributed by atoms with Crippen molar-refractivity contribution in [3.8, 4) is 0 Å². The average Bonchev–Trinajstić information content (AvgIpc) is 3.00. The number of esters is 1. The lowest BCUT2D eigenvalue weighted by molar-refractivity contribution is -0.137. The normalized spacial score (nSPS) is 11.8. The molecule has 0 aliphatic carbocycles. The number of carbonyl (C=O) groups is 1. The summed E-state index contributed by atoms with van der Waals surface area (Å²) in [5.74, 6) is -1.70. The molecular weight excluding hydrogens is 409 g/mol. The van der Waals surface area contributed by atoms with Gasteiger partial charge in [-0.3, -0.25) is 0 Å². The zero-order valence-electron chi connectivity index (χ0n) is 13.7. The van der Waals surface area contributed by atoms with E-state index in [1.165, 1.54) is 36.1 Å². The van der Waals surface area contributed by atoms with E-state index in [9.17, 15) is 22.4 Å². The van der Waals surface area contributed by atoms with Crippen molar-refractivity contribution < 1.29 is 27.1 Å². The first-order valence-corrected chi connectivity index (χ1v) is 8.30. The Kier molecular flexibility index (Phi) is 5.10. The largest absolute Gasteiger partial charge is 0.465 e. The molecule has 0 aliphatic rings. The maximum absolute atomic E-state index is 14.4. The highest BCUT2D eigenvalue weighted by Gasteiger charge is 2.32. The third-order valence-electron chi connectivity index (χ3n) is 4.06. The summed E-state index contributed by atoms with van der Waals surface area (Å²) in [6, 6.07) is 5.50. The number of nitrogens with zero attached hydrogens (tertiary/aromatic N) is 1. The van der Waals surface area contributed by atoms with E-state index in [-0.39, 0.29) is 33.1 Å². The maximum atomic E-state index is 14.4. The van der Waals surface area contributed by atoms with Crippen LogP contribution in [0.1, 0.15) is 21.5 Å². The Balaban J connectivity index is 2.10. The Bertz CT molecular complexity index is 1040. The van der Waals surface area contributed by atoms with Crippen LogP contribution >= 0.6 is 23.2 Å². The maximum Gasteiger partial charge on any atom is 0.416 e. The van der Waals surface area contributed by atoms with Gasteiger partial charge in [0.2, 0.25) is 0 Å². The number of hydrogen-bond donors (Lipinski definition) is 0. The number of aromatic nitrogens is 1. The highest BCUT2D eigenvalue weighted by Crippen LogP contribution is 2.35. The summed E-state index contributed by atoms with van der Waals surface area (Å²) in [6.45, 7) is -0.0473. The van der Waals surface area contributed by atoms with Crippen LogP contribution in [0.5, 0.6) is 0 Å². The molecule has 142 valence electrons. The molecule has 0 saturated heterocycles. The molecule has 0 bridgehead atoms. The molecule has 0 radical (unpaired) electrons. The van der Waals surface area contributed by atoms with E-state index in [2.05, 4.69) is 4.74 Å². The first-order valence-electron chi connectivity index (χ1n) is 7.54. The lowest BCUT2D eigenvalue weighted by Gasteiger charge is -2.13. The second kappa shape index (κ2) is 7.05. The number of rotatable bonds is 3. The Morgan fingerprint density at radius 3 is 2.52 bits per heavy atom. The van der Waals surface area contributed by atoms with Crippen molar-refractivity contribution in [3.05, 3.63) is 69.1 Å². The topological polar surface area (TPSA) is 31.2 Å². The van der Waals surface area contributed by atoms with Gasteiger partial charge in [-0.2, -0.15) is 13.2 Å². The number of carbonyl (C=O) groups excluding carboxylic acids is 1. The van der Waals surface area contributed by atoms with Crippen LogP contribution in [0.4, 0.5) is 17.6 Å². The summed E-state index contributed by atoms with van der Waals surface area (Å²) in [4.78, 5) is 11.8. The molecular formula is C18H11Cl2F4NO2. The monoisotopic (exact) mass is 419 g/mol. The van der Waals surface area contributed by atoms with Gasteiger partial charge in [-0.25, -0.2) is 9.18 Å². The minimum absolute atomic E-state index is 0.0291. The molecule has 0 atom stereocenters. The molecule has 0 aliphatic heterocycles. The van der Waals surface area contributed by atoms with Gasteiger partial charge in [0.1, 0.15) is 5.82 Å². The molecule has 1 heterocycles. The summed E-state index contributed by atoms with van der Waals surface area (Å²) < 4.78 is 59.0. The molecule has 1 aromatic heterocycles. The molecule has 2 aromatic carbocycles. The van der Waals surface area contributed by atoms with Crippen LogP contribution in [0.15, 0.2) is 36.5 Å². The standard InChI is InChI=1S/C18H11Cl2F4NO2/c1-27-17(26)11-2-3-13(19)12(15(11)20)8-25-5-4-9-6-10(18(22,23)24)7-14(21)16(9)25/h2-7H,8H2,1H3. The molecule has 9 heteroatoms. The Hall–Kier alpha value is -2.25. The quantitative estimate of drug-likeness (QED) is 0.388. The lowest BCUT2D eigenvalue weighted by atomic mass is 10.1. The van der Waals surface area contributed by atoms with Gasteiger partial charge in [-0.1, -0.05) is 23.2 Å². The predicted molar refractivity (Wildman–Crippen MR) is 93.8 cm³/mol. The van der Waals surface area contributed by atoms with Crippen LogP contribution in [0, 0.1) is 5.82 Å². The fourth-order valence-electron chi connectivity index (χ4n) is 2.77. The minimum Gasteiger partial charge on any atom is -0.465 e. The molecule has 3 nitrogen and oxygen atoms in total. The van der Waals surface area contributed by atoms with E-state index in [0.29, 0.717) is 11.6 Å². The first-order chi connectivity index (χ1) is 12.6. The molecule has 0 unspecified atom stereocenters. The predicted octanol–water partition coefficient (Wildman–Crippen LogP) is 5.94. The van der Waals surface area contributed by atoms with Gasteiger partial charge in [0.15, 0.2) is 0 Å². The third kappa shape index (κ3) is 3.61. The summed E-state index contributed by atoms with van der Waals surface area (Å²) in [5.41, 5.74) is -0.708. The van der Waals surface area contributed by atoms with Crippen molar-refractivity contribution in [1.29, 1.82) is 0 Å². The number of methoxy groups -OCH3 is 1. The highest BCUT2D eigenvalue weighted by atomic mass is 35.5. The van der Waals surface area contributed by atoms with Crippen molar-refractivity contribution in [3.63, 3.8) is 0 Å². The third-order valence-corrected chi connectivity index (χ3v) is 4.85. The Morgan fingerprint density at radius 2 is 1.89 bits per heavy atom. The van der Waals surface area contributed by atoms with Gasteiger partial charge >= 0.3 is 12.1 Å². The van der Waals surface area contributed by atoms with E-state index >= 15 is 0 Å². The molecule has 0 fully saturated rings. The van der Waals surface area contributed by atoms with Crippen LogP contribution < -0.4 is 0 Å². The number of alkyl halides is 3. The fourth-order valence-corrected chi connectivity index (χ4v) is 3.34. The molecule has 3 aromatic rings. The van der Waals surface area contributed by atoms with Gasteiger partial charge in [0.05, 0.1) is 35.3 Å². The number of ether oxygens (including phenoxy) is 1. The molecule has 0 N–H and O–H groups in total. The zero-order valence-corrected chi connectivity index (χ0v) is 15.2. The molecule has 0 amide bonds. The first kappa shape index (κ1) is 19.5. The minimum atomic E-state index is -4.65. The van der Waals surface area contributed by atoms with Gasteiger partial charge in [-0.05, 0) is 30.3 Å². The number of benzene rings is 2. The molecule has 0 saturated carbocycles. The second-order valence-corrected chi connectivity index (χ2v) is 6.50. The van der Waals surface area contributed by atoms with Gasteiger partial charge in [-0.15, -0.1) is 0 Å². The smallest absolute Gasteiger partial charge is 0.416 e. The van der Waals surface area contributed by atoms with Gasteiger partial charge < -0.3 is 9.30 Å². The summed E-state index contributed by atoms with van der Waals surface area (Å²) >= 11 is 12.4. The number of halogens is 6. The fraction of sp³-hybridized carbons (Fsp3) is 0.167. The SMILES string of the molecule is COC(=O)c1ccc(Cl)c(Cn2ccc3cc(C(F)(F)F)cc(F)c32)c1Cl. The van der Waals surface area contributed by atoms with Crippen molar-refractivity contribution in [2.75, 3.05) is 7.11 Å². The van der Waals surface area contributed by atoms with E-state index < -0.39 is 23.5 Å². The van der Waals surface area contributed by atoms with Crippen LogP contribution in [0.2, 0.25) is 10.0 Å². The van der Waals surface area contributed by atoms with Crippen LogP contribution in [-0.4, -0.2) is 17.6 Å². The van der Waals surface area contributed by atoms with Crippen molar-refractivity contribution in [2.24, 2.45) is 0 Å². The van der Waals surface area contributed by atoms with Crippen molar-refractivity contribution in [2.45, 2.75) is 12.7 Å². The molecule has 27 heavy (non-hydrogen) atoms. The van der Waals surface area contributed by atoms with Gasteiger partial charge in [0, 0.05) is 22.2 Å². The van der Waals surface area contributed by atoms with Crippen LogP contribution in [0.25, 0.3) is 10.9 Å². The van der Waals surface area contributed by atoms with Crippen LogP contribution in [-0.2, 0) is 17.5 Å². The Morgan fingerprint density at radius 1 is 1.19 bits per heavy atom. The van der Waals surface area contributed by atoms with Crippen LogP contribution in [0.3, 0.4) is 0 Å². The van der Waals surface area contributed by atoms with Crippen molar-refractivity contribution >= 4 is 40.1 Å². The summed E-state index contributed by atoms with van der Waals surface area (Å²) in [7, 11) is 1.19. The summed E-state index contributed by atoms with van der Waals surface area (Å²) in [6.07, 6.45) is -3.23. The van der Waals surface area contributed by atoms with E-state index in [1.807, 2.05) is 0 Å². The molecule has 3 rings (SSSR count). The van der Waals surface area contributed by atoms with E-state index in [4.69, 9.17) is 23.2 Å². The summed E-state index contributed by atoms with van der Waals surface area (Å²) in [5, 5.41) is 0.337. The molecule has 0 spiro atoms.